The number of hydrogen-bond donors (Lipinski definition) is 2. The van der Waals surface area contributed by atoms with Gasteiger partial charge >= 0.3 is 0 Å². The molecule has 1 aliphatic rings. The number of carbonyl (C=O) groups excluding carboxylic acids is 1. The molecule has 1 heterocycles. The van der Waals surface area contributed by atoms with Crippen LogP contribution in [-0.2, 0) is 4.79 Å². The maximum atomic E-state index is 12.4. The lowest BCUT2D eigenvalue weighted by atomic mass is 9.77. The van der Waals surface area contributed by atoms with E-state index in [4.69, 9.17) is 23.2 Å². The molecule has 3 nitrogen and oxygen atoms in total. The van der Waals surface area contributed by atoms with E-state index in [2.05, 4.69) is 24.5 Å². The van der Waals surface area contributed by atoms with Gasteiger partial charge in [-0.3, -0.25) is 4.79 Å². The minimum Gasteiger partial charge on any atom is -0.323 e. The van der Waals surface area contributed by atoms with Crippen molar-refractivity contribution >= 4 is 34.8 Å². The summed E-state index contributed by atoms with van der Waals surface area (Å²) in [5, 5.41) is 7.18. The van der Waals surface area contributed by atoms with Crippen LogP contribution >= 0.6 is 23.2 Å². The molecule has 1 fully saturated rings. The highest BCUT2D eigenvalue weighted by Gasteiger charge is 2.37. The van der Waals surface area contributed by atoms with Gasteiger partial charge in [-0.1, -0.05) is 37.0 Å². The van der Waals surface area contributed by atoms with Gasteiger partial charge < -0.3 is 10.6 Å². The number of nitrogens with one attached hydrogen (secondary N) is 2. The third kappa shape index (κ3) is 3.41. The lowest BCUT2D eigenvalue weighted by molar-refractivity contribution is -0.121. The van der Waals surface area contributed by atoms with Gasteiger partial charge in [0.15, 0.2) is 0 Å². The molecule has 1 atom stereocenters. The van der Waals surface area contributed by atoms with E-state index in [0.717, 1.165) is 19.4 Å². The average Bonchev–Trinajstić information content (AvgIpc) is 2.33. The molecule has 0 aliphatic carbocycles. The summed E-state index contributed by atoms with van der Waals surface area (Å²) in [5.41, 5.74) is 0.496. The van der Waals surface area contributed by atoms with E-state index in [9.17, 15) is 4.79 Å². The summed E-state index contributed by atoms with van der Waals surface area (Å²) >= 11 is 12.0. The molecule has 1 amide bonds. The highest BCUT2D eigenvalue weighted by Crippen LogP contribution is 2.32. The molecular formula is C14H18Cl2N2O. The number of benzene rings is 1. The highest BCUT2D eigenvalue weighted by atomic mass is 35.5. The molecule has 0 bridgehead atoms. The van der Waals surface area contributed by atoms with Crippen LogP contribution in [0.15, 0.2) is 18.2 Å². The third-order valence-electron chi connectivity index (χ3n) is 3.58. The molecule has 0 spiro atoms. The zero-order valence-corrected chi connectivity index (χ0v) is 12.6. The summed E-state index contributed by atoms with van der Waals surface area (Å²) in [6.07, 6.45) is 2.12. The first-order valence-corrected chi connectivity index (χ1v) is 7.15. The van der Waals surface area contributed by atoms with Crippen molar-refractivity contribution in [2.24, 2.45) is 5.41 Å². The van der Waals surface area contributed by atoms with Crippen molar-refractivity contribution < 1.29 is 4.79 Å². The lowest BCUT2D eigenvalue weighted by Crippen LogP contribution is -2.53. The van der Waals surface area contributed by atoms with E-state index in [1.54, 1.807) is 18.2 Å². The summed E-state index contributed by atoms with van der Waals surface area (Å²) in [6, 6.07) is 4.83. The molecule has 1 aromatic carbocycles. The smallest absolute Gasteiger partial charge is 0.242 e. The fourth-order valence-corrected chi connectivity index (χ4v) is 2.79. The predicted molar refractivity (Wildman–Crippen MR) is 79.9 cm³/mol. The van der Waals surface area contributed by atoms with Crippen LogP contribution in [-0.4, -0.2) is 18.5 Å². The Morgan fingerprint density at radius 2 is 2.16 bits per heavy atom. The minimum absolute atomic E-state index is 0.0612. The molecule has 1 aliphatic heterocycles. The molecule has 2 rings (SSSR count). The molecule has 0 aromatic heterocycles. The Kier molecular flexibility index (Phi) is 4.39. The number of hydrogen-bond acceptors (Lipinski definition) is 2. The Balaban J connectivity index is 2.14. The predicted octanol–water partition coefficient (Wildman–Crippen LogP) is 3.71. The standard InChI is InChI=1S/C14H18Cl2N2O/c1-14(2)6-3-7-17-12(14)13(19)18-11-8-9(15)4-5-10(11)16/h4-5,8,12,17H,3,6-7H2,1-2H3,(H,18,19). The first kappa shape index (κ1) is 14.6. The second-order valence-corrected chi connectivity index (χ2v) is 6.44. The number of rotatable bonds is 2. The second kappa shape index (κ2) is 5.70. The van der Waals surface area contributed by atoms with Gasteiger partial charge in [0.25, 0.3) is 0 Å². The van der Waals surface area contributed by atoms with Gasteiger partial charge in [-0.15, -0.1) is 0 Å². The van der Waals surface area contributed by atoms with Gasteiger partial charge in [0, 0.05) is 5.02 Å². The van der Waals surface area contributed by atoms with Crippen molar-refractivity contribution in [3.8, 4) is 0 Å². The van der Waals surface area contributed by atoms with Crippen LogP contribution in [0.5, 0.6) is 0 Å². The second-order valence-electron chi connectivity index (χ2n) is 5.59. The topological polar surface area (TPSA) is 41.1 Å². The Morgan fingerprint density at radius 3 is 2.84 bits per heavy atom. The summed E-state index contributed by atoms with van der Waals surface area (Å²) in [6.45, 7) is 5.07. The van der Waals surface area contributed by atoms with E-state index in [0.29, 0.717) is 15.7 Å². The molecule has 1 aromatic rings. The Morgan fingerprint density at radius 1 is 1.42 bits per heavy atom. The van der Waals surface area contributed by atoms with Gasteiger partial charge in [-0.25, -0.2) is 0 Å². The molecule has 1 saturated heterocycles. The van der Waals surface area contributed by atoms with Crippen molar-refractivity contribution in [2.45, 2.75) is 32.7 Å². The normalized spacial score (nSPS) is 22.0. The molecule has 0 saturated carbocycles. The lowest BCUT2D eigenvalue weighted by Gasteiger charge is -2.38. The fourth-order valence-electron chi connectivity index (χ4n) is 2.46. The molecule has 2 N–H and O–H groups in total. The van der Waals surface area contributed by atoms with Crippen LogP contribution in [0.3, 0.4) is 0 Å². The number of anilines is 1. The molecule has 104 valence electrons. The first-order valence-electron chi connectivity index (χ1n) is 6.39. The largest absolute Gasteiger partial charge is 0.323 e. The zero-order valence-electron chi connectivity index (χ0n) is 11.1. The van der Waals surface area contributed by atoms with Gasteiger partial charge in [-0.2, -0.15) is 0 Å². The van der Waals surface area contributed by atoms with Crippen LogP contribution in [0.2, 0.25) is 10.0 Å². The average molecular weight is 301 g/mol. The zero-order chi connectivity index (χ0) is 14.0. The molecule has 19 heavy (non-hydrogen) atoms. The SMILES string of the molecule is CC1(C)CCCNC1C(=O)Nc1cc(Cl)ccc1Cl. The quantitative estimate of drug-likeness (QED) is 0.874. The number of carbonyl (C=O) groups is 1. The van der Waals surface area contributed by atoms with Crippen molar-refractivity contribution in [3.05, 3.63) is 28.2 Å². The van der Waals surface area contributed by atoms with Crippen LogP contribution in [0.1, 0.15) is 26.7 Å². The van der Waals surface area contributed by atoms with E-state index >= 15 is 0 Å². The summed E-state index contributed by atoms with van der Waals surface area (Å²) in [4.78, 5) is 12.4. The van der Waals surface area contributed by atoms with E-state index in [1.165, 1.54) is 0 Å². The number of piperidine rings is 1. The van der Waals surface area contributed by atoms with Crippen molar-refractivity contribution in [2.75, 3.05) is 11.9 Å². The Hall–Kier alpha value is -0.770. The first-order chi connectivity index (χ1) is 8.90. The number of halogens is 2. The van der Waals surface area contributed by atoms with Gasteiger partial charge in [-0.05, 0) is 43.0 Å². The van der Waals surface area contributed by atoms with Crippen LogP contribution < -0.4 is 10.6 Å². The van der Waals surface area contributed by atoms with Crippen LogP contribution in [0.4, 0.5) is 5.69 Å². The van der Waals surface area contributed by atoms with Gasteiger partial charge in [0.2, 0.25) is 5.91 Å². The number of amides is 1. The van der Waals surface area contributed by atoms with E-state index in [1.807, 2.05) is 0 Å². The van der Waals surface area contributed by atoms with Crippen molar-refractivity contribution in [1.29, 1.82) is 0 Å². The summed E-state index contributed by atoms with van der Waals surface area (Å²) in [7, 11) is 0. The molecule has 0 radical (unpaired) electrons. The summed E-state index contributed by atoms with van der Waals surface area (Å²) < 4.78 is 0. The van der Waals surface area contributed by atoms with Crippen molar-refractivity contribution in [3.63, 3.8) is 0 Å². The maximum Gasteiger partial charge on any atom is 0.242 e. The molecular weight excluding hydrogens is 283 g/mol. The van der Waals surface area contributed by atoms with Crippen LogP contribution in [0, 0.1) is 5.41 Å². The van der Waals surface area contributed by atoms with Crippen molar-refractivity contribution in [1.82, 2.24) is 5.32 Å². The summed E-state index contributed by atoms with van der Waals surface area (Å²) in [5.74, 6) is -0.0612. The monoisotopic (exact) mass is 300 g/mol. The Labute approximate surface area is 123 Å². The maximum absolute atomic E-state index is 12.4. The Bertz CT molecular complexity index is 488. The molecule has 1 unspecified atom stereocenters. The van der Waals surface area contributed by atoms with E-state index in [-0.39, 0.29) is 17.4 Å². The van der Waals surface area contributed by atoms with Gasteiger partial charge in [0.1, 0.15) is 0 Å². The fraction of sp³-hybridized carbons (Fsp3) is 0.500. The molecule has 5 heteroatoms. The minimum atomic E-state index is -0.212. The van der Waals surface area contributed by atoms with E-state index < -0.39 is 0 Å². The van der Waals surface area contributed by atoms with Crippen LogP contribution in [0.25, 0.3) is 0 Å². The third-order valence-corrected chi connectivity index (χ3v) is 4.14. The van der Waals surface area contributed by atoms with Gasteiger partial charge in [0.05, 0.1) is 16.8 Å². The highest BCUT2D eigenvalue weighted by molar-refractivity contribution is 6.35.